The lowest BCUT2D eigenvalue weighted by Gasteiger charge is -2.11. The molecule has 1 aliphatic rings. The van der Waals surface area contributed by atoms with Crippen molar-refractivity contribution < 1.29 is 22.9 Å². The second kappa shape index (κ2) is 6.82. The molecule has 0 saturated heterocycles. The molecule has 1 aromatic carbocycles. The van der Waals surface area contributed by atoms with E-state index >= 15 is 0 Å². The van der Waals surface area contributed by atoms with Crippen molar-refractivity contribution in [1.82, 2.24) is 9.97 Å². The average molecular weight is 356 g/mol. The molecule has 0 saturated carbocycles. The third-order valence-electron chi connectivity index (χ3n) is 3.40. The molecule has 4 nitrogen and oxygen atoms in total. The van der Waals surface area contributed by atoms with Gasteiger partial charge in [-0.1, -0.05) is 6.07 Å². The number of halogens is 3. The summed E-state index contributed by atoms with van der Waals surface area (Å²) in [4.78, 5) is 8.17. The lowest BCUT2D eigenvalue weighted by Crippen LogP contribution is -2.05. The number of fused-ring (bicyclic) bond motifs is 1. The predicted molar refractivity (Wildman–Crippen MR) is 84.3 cm³/mol. The van der Waals surface area contributed by atoms with Gasteiger partial charge in [0, 0.05) is 30.0 Å². The van der Waals surface area contributed by atoms with Gasteiger partial charge in [-0.3, -0.25) is 4.18 Å². The molecule has 126 valence electrons. The lowest BCUT2D eigenvalue weighted by atomic mass is 10.1. The maximum Gasteiger partial charge on any atom is 0.416 e. The minimum absolute atomic E-state index is 0.144. The van der Waals surface area contributed by atoms with Crippen molar-refractivity contribution in [3.05, 3.63) is 59.1 Å². The monoisotopic (exact) mass is 356 g/mol. The summed E-state index contributed by atoms with van der Waals surface area (Å²) in [5, 5.41) is 0. The molecule has 8 heteroatoms. The van der Waals surface area contributed by atoms with Crippen molar-refractivity contribution >= 4 is 23.7 Å². The van der Waals surface area contributed by atoms with Gasteiger partial charge in [-0.2, -0.15) is 13.2 Å². The van der Waals surface area contributed by atoms with Crippen LogP contribution < -0.4 is 0 Å². The first-order valence-electron chi connectivity index (χ1n) is 7.59. The zero-order chi connectivity index (χ0) is 18.0. The van der Waals surface area contributed by atoms with Gasteiger partial charge in [0.05, 0.1) is 13.5 Å². The van der Waals surface area contributed by atoms with Gasteiger partial charge in [-0.15, -0.1) is 0 Å². The average Bonchev–Trinajstić information content (AvgIpc) is 2.93. The van der Waals surface area contributed by atoms with E-state index < -0.39 is 11.7 Å². The van der Waals surface area contributed by atoms with Crippen LogP contribution >= 0.6 is 12.3 Å². The first-order valence-corrected chi connectivity index (χ1v) is 7.75. The van der Waals surface area contributed by atoms with Gasteiger partial charge in [0.2, 0.25) is 12.3 Å². The molecule has 1 aliphatic carbocycles. The third kappa shape index (κ3) is 3.39. The Bertz CT molecular complexity index is 810. The van der Waals surface area contributed by atoms with Crippen LogP contribution in [0.2, 0.25) is 0 Å². The Morgan fingerprint density at radius 1 is 1.29 bits per heavy atom. The van der Waals surface area contributed by atoms with E-state index in [4.69, 9.17) is 9.74 Å². The van der Waals surface area contributed by atoms with Gasteiger partial charge >= 0.3 is 6.18 Å². The Hall–Kier alpha value is -2.06. The number of allylic oxidation sites excluding steroid dienone is 1. The first-order chi connectivity index (χ1) is 11.9. The molecular formula is C16H13F3N2O2S. The molecule has 0 fully saturated rings. The smallest absolute Gasteiger partial charge is 0.399 e. The highest BCUT2D eigenvalue weighted by molar-refractivity contribution is 7.90. The molecule has 0 aliphatic heterocycles. The summed E-state index contributed by atoms with van der Waals surface area (Å²) in [6.07, 6.45) is -1.45. The molecule has 2 aromatic rings. The van der Waals surface area contributed by atoms with Crippen molar-refractivity contribution in [3.8, 4) is 0 Å². The Morgan fingerprint density at radius 2 is 2.04 bits per heavy atom. The molecule has 1 heterocycles. The molecule has 0 spiro atoms. The first kappa shape index (κ1) is 15.5. The van der Waals surface area contributed by atoms with Crippen molar-refractivity contribution in [2.24, 2.45) is 0 Å². The van der Waals surface area contributed by atoms with Crippen LogP contribution in [0.3, 0.4) is 0 Å². The van der Waals surface area contributed by atoms with Gasteiger partial charge in [0.1, 0.15) is 0 Å². The second-order valence-electron chi connectivity index (χ2n) is 4.92. The molecule has 0 N–H and O–H groups in total. The number of rotatable bonds is 5. The molecule has 3 rings (SSSR count). The summed E-state index contributed by atoms with van der Waals surface area (Å²) >= 11 is 0.697. The summed E-state index contributed by atoms with van der Waals surface area (Å²) in [6, 6.07) is 3.68. The van der Waals surface area contributed by atoms with Crippen LogP contribution in [-0.2, 0) is 21.0 Å². The Kier molecular flexibility index (Phi) is 4.40. The van der Waals surface area contributed by atoms with Crippen LogP contribution in [0, 0.1) is 0 Å². The number of alkyl halides is 3. The minimum Gasteiger partial charge on any atom is -0.399 e. The fraction of sp³-hybridized carbons (Fsp3) is 0.250. The van der Waals surface area contributed by atoms with E-state index in [1.54, 1.807) is 6.92 Å². The number of benzene rings is 1. The van der Waals surface area contributed by atoms with Gasteiger partial charge < -0.3 is 4.18 Å². The highest BCUT2D eigenvalue weighted by Gasteiger charge is 2.34. The summed E-state index contributed by atoms with van der Waals surface area (Å²) < 4.78 is 57.1. The second-order valence-corrected chi connectivity index (χ2v) is 5.46. The van der Waals surface area contributed by atoms with Crippen LogP contribution in [0.25, 0.3) is 11.3 Å². The van der Waals surface area contributed by atoms with Gasteiger partial charge in [-0.25, -0.2) is 9.97 Å². The molecular weight excluding hydrogens is 341 g/mol. The van der Waals surface area contributed by atoms with Crippen LogP contribution in [0.5, 0.6) is 0 Å². The van der Waals surface area contributed by atoms with Crippen LogP contribution in [0.1, 0.15) is 30.8 Å². The van der Waals surface area contributed by atoms with E-state index in [1.165, 1.54) is 18.5 Å². The van der Waals surface area contributed by atoms with E-state index in [0.717, 1.165) is 12.1 Å². The quantitative estimate of drug-likeness (QED) is 0.581. The maximum atomic E-state index is 13.0. The summed E-state index contributed by atoms with van der Waals surface area (Å²) in [5.74, 6) is 0.560. The number of nitrogens with zero attached hydrogens (tertiary/aromatic N) is 2. The van der Waals surface area contributed by atoms with Crippen molar-refractivity contribution in [3.63, 3.8) is 0 Å². The molecule has 0 bridgehead atoms. The fourth-order valence-electron chi connectivity index (χ4n) is 2.35. The minimum atomic E-state index is -4.45. The van der Waals surface area contributed by atoms with Gasteiger partial charge in [0.15, 0.2) is 11.6 Å². The normalized spacial score (nSPS) is 14.6. The van der Waals surface area contributed by atoms with Gasteiger partial charge in [0.25, 0.3) is 0 Å². The van der Waals surface area contributed by atoms with E-state index in [2.05, 4.69) is 9.97 Å². The third-order valence-corrected chi connectivity index (χ3v) is 3.97. The molecule has 24 heavy (non-hydrogen) atoms. The molecule has 0 amide bonds. The van der Waals surface area contributed by atoms with E-state index in [1.807, 2.05) is 0 Å². The largest absolute Gasteiger partial charge is 0.416 e. The van der Waals surface area contributed by atoms with E-state index in [9.17, 15) is 13.2 Å². The maximum absolute atomic E-state index is 13.0. The Balaban J connectivity index is 2.05. The topological polar surface area (TPSA) is 44.2 Å². The molecule has 1 aromatic heterocycles. The van der Waals surface area contributed by atoms with Crippen LogP contribution in [-0.4, -0.2) is 16.6 Å². The highest BCUT2D eigenvalue weighted by Crippen LogP contribution is 2.42. The molecule has 0 radical (unpaired) electrons. The highest BCUT2D eigenvalue weighted by atomic mass is 32.2. The lowest BCUT2D eigenvalue weighted by molar-refractivity contribution is -0.137. The van der Waals surface area contributed by atoms with Crippen molar-refractivity contribution in [1.29, 1.82) is 0 Å². The van der Waals surface area contributed by atoms with Crippen LogP contribution in [0.4, 0.5) is 13.2 Å². The fourth-order valence-corrected chi connectivity index (χ4v) is 2.76. The summed E-state index contributed by atoms with van der Waals surface area (Å²) in [5.41, 5.74) is 0.836. The Labute approximate surface area is 142 Å². The SMILES string of the molecule is [3H]c1cnc(C2=C(OSOCC)c3cc(C(F)(F)F)ccc3C2)nc1. The van der Waals surface area contributed by atoms with E-state index in [-0.39, 0.29) is 11.8 Å². The number of aromatic nitrogens is 2. The predicted octanol–water partition coefficient (Wildman–Crippen LogP) is 4.54. The zero-order valence-corrected chi connectivity index (χ0v) is 13.4. The number of hydrogen-bond acceptors (Lipinski definition) is 5. The Morgan fingerprint density at radius 3 is 2.71 bits per heavy atom. The zero-order valence-electron chi connectivity index (χ0n) is 13.6. The summed E-state index contributed by atoms with van der Waals surface area (Å²) in [7, 11) is 0. The van der Waals surface area contributed by atoms with Crippen molar-refractivity contribution in [2.75, 3.05) is 6.61 Å². The van der Waals surface area contributed by atoms with Crippen LogP contribution in [0.15, 0.2) is 36.6 Å². The molecule has 0 unspecified atom stereocenters. The number of hydrogen-bond donors (Lipinski definition) is 0. The van der Waals surface area contributed by atoms with Gasteiger partial charge in [-0.05, 0) is 30.7 Å². The molecule has 0 atom stereocenters. The summed E-state index contributed by atoms with van der Waals surface area (Å²) in [6.45, 7) is 2.15. The standard InChI is InChI=1S/C16H13F3N2O2S/c1-2-22-24-23-14-12-9-11(16(17,18)19)5-4-10(12)8-13(14)15-20-6-3-7-21-15/h3-7,9H,2,8H2,1H3/i3T. The van der Waals surface area contributed by atoms with E-state index in [0.29, 0.717) is 47.9 Å². The van der Waals surface area contributed by atoms with Crippen molar-refractivity contribution in [2.45, 2.75) is 19.5 Å².